The van der Waals surface area contributed by atoms with Crippen LogP contribution in [0.15, 0.2) is 54.7 Å². The van der Waals surface area contributed by atoms with Crippen LogP contribution in [0.1, 0.15) is 23.0 Å². The van der Waals surface area contributed by atoms with Gasteiger partial charge in [-0.3, -0.25) is 9.59 Å². The molecular formula is C22H23ClN4O3. The van der Waals surface area contributed by atoms with Crippen molar-refractivity contribution in [2.75, 3.05) is 26.0 Å². The van der Waals surface area contributed by atoms with Gasteiger partial charge in [0.05, 0.1) is 36.8 Å². The van der Waals surface area contributed by atoms with E-state index in [9.17, 15) is 9.59 Å². The Morgan fingerprint density at radius 3 is 2.67 bits per heavy atom. The van der Waals surface area contributed by atoms with Crippen LogP contribution in [0.25, 0.3) is 5.69 Å². The largest absolute Gasteiger partial charge is 0.497 e. The molecule has 30 heavy (non-hydrogen) atoms. The Kier molecular flexibility index (Phi) is 6.74. The molecular weight excluding hydrogens is 404 g/mol. The summed E-state index contributed by atoms with van der Waals surface area (Å²) >= 11 is 6.08. The smallest absolute Gasteiger partial charge is 0.257 e. The van der Waals surface area contributed by atoms with Crippen LogP contribution in [0, 0.1) is 0 Å². The minimum atomic E-state index is -0.306. The molecule has 156 valence electrons. The number of hydrogen-bond acceptors (Lipinski definition) is 4. The van der Waals surface area contributed by atoms with E-state index < -0.39 is 0 Å². The van der Waals surface area contributed by atoms with E-state index in [1.807, 2.05) is 19.1 Å². The number of ether oxygens (including phenoxy) is 1. The molecule has 0 bridgehead atoms. The first kappa shape index (κ1) is 21.4. The second-order valence-corrected chi connectivity index (χ2v) is 7.13. The molecule has 0 spiro atoms. The molecule has 3 rings (SSSR count). The van der Waals surface area contributed by atoms with E-state index in [4.69, 9.17) is 16.3 Å². The van der Waals surface area contributed by atoms with Gasteiger partial charge in [0, 0.05) is 23.8 Å². The highest BCUT2D eigenvalue weighted by molar-refractivity contribution is 6.30. The van der Waals surface area contributed by atoms with E-state index >= 15 is 0 Å². The van der Waals surface area contributed by atoms with Gasteiger partial charge in [-0.15, -0.1) is 0 Å². The summed E-state index contributed by atoms with van der Waals surface area (Å²) in [6.45, 7) is 1.85. The topological polar surface area (TPSA) is 76.5 Å². The van der Waals surface area contributed by atoms with Gasteiger partial charge >= 0.3 is 0 Å². The Bertz CT molecular complexity index is 1060. The van der Waals surface area contributed by atoms with Gasteiger partial charge in [0.25, 0.3) is 5.91 Å². The van der Waals surface area contributed by atoms with Crippen molar-refractivity contribution in [3.63, 3.8) is 0 Å². The van der Waals surface area contributed by atoms with Crippen molar-refractivity contribution in [1.82, 2.24) is 14.7 Å². The van der Waals surface area contributed by atoms with Gasteiger partial charge in [0.15, 0.2) is 0 Å². The molecule has 0 aliphatic heterocycles. The van der Waals surface area contributed by atoms with Gasteiger partial charge < -0.3 is 15.0 Å². The molecule has 0 saturated heterocycles. The third-order valence-corrected chi connectivity index (χ3v) is 4.80. The lowest BCUT2D eigenvalue weighted by Gasteiger charge is -2.17. The van der Waals surface area contributed by atoms with Gasteiger partial charge in [0.1, 0.15) is 5.75 Å². The fraction of sp³-hybridized carbons (Fsp3) is 0.227. The van der Waals surface area contributed by atoms with Crippen LogP contribution in [-0.4, -0.2) is 47.2 Å². The number of nitrogens with one attached hydrogen (secondary N) is 1. The zero-order valence-electron chi connectivity index (χ0n) is 17.1. The summed E-state index contributed by atoms with van der Waals surface area (Å²) < 4.78 is 6.85. The van der Waals surface area contributed by atoms with Gasteiger partial charge in [-0.05, 0) is 36.8 Å². The number of halogens is 1. The molecule has 8 heteroatoms. The van der Waals surface area contributed by atoms with Crippen molar-refractivity contribution in [3.8, 4) is 11.4 Å². The van der Waals surface area contributed by atoms with Crippen molar-refractivity contribution >= 4 is 29.1 Å². The minimum Gasteiger partial charge on any atom is -0.497 e. The van der Waals surface area contributed by atoms with E-state index in [1.165, 1.54) is 11.1 Å². The summed E-state index contributed by atoms with van der Waals surface area (Å²) in [4.78, 5) is 26.7. The minimum absolute atomic E-state index is 0.0957. The number of nitrogens with zero attached hydrogens (tertiary/aromatic N) is 3. The Morgan fingerprint density at radius 1 is 1.20 bits per heavy atom. The number of likely N-dealkylation sites (N-methyl/N-ethyl adjacent to an activating group) is 1. The van der Waals surface area contributed by atoms with Crippen LogP contribution in [0.4, 0.5) is 5.69 Å². The molecule has 2 amide bonds. The summed E-state index contributed by atoms with van der Waals surface area (Å²) in [5.74, 6) is 0.0542. The monoisotopic (exact) mass is 426 g/mol. The van der Waals surface area contributed by atoms with E-state index in [2.05, 4.69) is 10.4 Å². The van der Waals surface area contributed by atoms with Crippen LogP contribution in [0.5, 0.6) is 5.75 Å². The Balaban J connectivity index is 1.73. The number of carbonyl (C=O) groups is 2. The van der Waals surface area contributed by atoms with Crippen LogP contribution in [0.3, 0.4) is 0 Å². The summed E-state index contributed by atoms with van der Waals surface area (Å²) in [7, 11) is 3.14. The lowest BCUT2D eigenvalue weighted by Crippen LogP contribution is -2.35. The number of carbonyl (C=O) groups excluding carboxylic acids is 2. The molecule has 0 unspecified atom stereocenters. The van der Waals surface area contributed by atoms with Gasteiger partial charge in [-0.25, -0.2) is 4.68 Å². The molecule has 3 aromatic rings. The lowest BCUT2D eigenvalue weighted by atomic mass is 10.1. The average Bonchev–Trinajstić information content (AvgIpc) is 3.17. The lowest BCUT2D eigenvalue weighted by molar-refractivity contribution is -0.116. The number of hydrogen-bond donors (Lipinski definition) is 1. The van der Waals surface area contributed by atoms with Crippen molar-refractivity contribution < 1.29 is 14.3 Å². The summed E-state index contributed by atoms with van der Waals surface area (Å²) in [5, 5.41) is 7.72. The molecule has 0 fully saturated rings. The average molecular weight is 427 g/mol. The number of amides is 2. The third-order valence-electron chi connectivity index (χ3n) is 4.57. The number of benzene rings is 2. The number of anilines is 1. The van der Waals surface area contributed by atoms with E-state index in [-0.39, 0.29) is 18.4 Å². The molecule has 0 aliphatic rings. The Hall–Kier alpha value is -3.32. The van der Waals surface area contributed by atoms with Crippen molar-refractivity contribution in [2.45, 2.75) is 13.3 Å². The Labute approximate surface area is 180 Å². The number of methoxy groups -OCH3 is 1. The molecule has 1 heterocycles. The van der Waals surface area contributed by atoms with Crippen LogP contribution < -0.4 is 10.1 Å². The maximum atomic E-state index is 13.0. The highest BCUT2D eigenvalue weighted by Crippen LogP contribution is 2.20. The molecule has 0 atom stereocenters. The fourth-order valence-electron chi connectivity index (χ4n) is 3.12. The first-order valence-electron chi connectivity index (χ1n) is 9.45. The summed E-state index contributed by atoms with van der Waals surface area (Å²) in [6, 6.07) is 14.3. The first-order valence-corrected chi connectivity index (χ1v) is 9.83. The first-order chi connectivity index (χ1) is 14.4. The van der Waals surface area contributed by atoms with Crippen LogP contribution in [0.2, 0.25) is 5.02 Å². The maximum absolute atomic E-state index is 13.0. The predicted octanol–water partition coefficient (Wildman–Crippen LogP) is 3.81. The van der Waals surface area contributed by atoms with Gasteiger partial charge in [-0.1, -0.05) is 30.7 Å². The molecule has 2 aromatic carbocycles. The SMILES string of the molecule is CCc1c(C(=O)N(C)CC(=O)Nc2cccc(OC)c2)cnn1-c1cccc(Cl)c1. The van der Waals surface area contributed by atoms with Crippen molar-refractivity contribution in [2.24, 2.45) is 0 Å². The maximum Gasteiger partial charge on any atom is 0.257 e. The normalized spacial score (nSPS) is 10.5. The second kappa shape index (κ2) is 9.45. The Morgan fingerprint density at radius 2 is 1.97 bits per heavy atom. The van der Waals surface area contributed by atoms with Crippen LogP contribution in [-0.2, 0) is 11.2 Å². The molecule has 0 aliphatic carbocycles. The quantitative estimate of drug-likeness (QED) is 0.623. The highest BCUT2D eigenvalue weighted by atomic mass is 35.5. The predicted molar refractivity (Wildman–Crippen MR) is 117 cm³/mol. The van der Waals surface area contributed by atoms with Crippen molar-refractivity contribution in [3.05, 3.63) is 71.0 Å². The molecule has 1 N–H and O–H groups in total. The van der Waals surface area contributed by atoms with E-state index in [0.29, 0.717) is 28.4 Å². The van der Waals surface area contributed by atoms with Crippen LogP contribution >= 0.6 is 11.6 Å². The summed E-state index contributed by atoms with van der Waals surface area (Å²) in [6.07, 6.45) is 2.12. The summed E-state index contributed by atoms with van der Waals surface area (Å²) in [5.41, 5.74) is 2.58. The fourth-order valence-corrected chi connectivity index (χ4v) is 3.30. The molecule has 0 radical (unpaired) electrons. The molecule has 7 nitrogen and oxygen atoms in total. The van der Waals surface area contributed by atoms with E-state index in [1.54, 1.807) is 55.2 Å². The number of aromatic nitrogens is 2. The molecule has 1 aromatic heterocycles. The molecule has 0 saturated carbocycles. The van der Waals surface area contributed by atoms with E-state index in [0.717, 1.165) is 11.4 Å². The zero-order chi connectivity index (χ0) is 21.7. The van der Waals surface area contributed by atoms with Crippen molar-refractivity contribution in [1.29, 1.82) is 0 Å². The second-order valence-electron chi connectivity index (χ2n) is 6.69. The number of rotatable bonds is 7. The van der Waals surface area contributed by atoms with Gasteiger partial charge in [0.2, 0.25) is 5.91 Å². The highest BCUT2D eigenvalue weighted by Gasteiger charge is 2.22. The standard InChI is InChI=1S/C22H23ClN4O3/c1-4-20-19(13-24-27(20)17-9-5-7-15(23)11-17)22(29)26(2)14-21(28)25-16-8-6-10-18(12-16)30-3/h5-13H,4,14H2,1-3H3,(H,25,28). The third kappa shape index (κ3) is 4.80. The van der Waals surface area contributed by atoms with Gasteiger partial charge in [-0.2, -0.15) is 5.10 Å². The zero-order valence-corrected chi connectivity index (χ0v) is 17.8.